The van der Waals surface area contributed by atoms with Crippen LogP contribution in [0.4, 0.5) is 5.69 Å². The third-order valence-electron chi connectivity index (χ3n) is 2.39. The summed E-state index contributed by atoms with van der Waals surface area (Å²) in [5.41, 5.74) is 2.53. The smallest absolute Gasteiger partial charge is 0.0622 e. The first-order chi connectivity index (χ1) is 7.72. The highest BCUT2D eigenvalue weighted by Gasteiger charge is 1.97. The van der Waals surface area contributed by atoms with Crippen LogP contribution in [0, 0.1) is 17.2 Å². The highest BCUT2D eigenvalue weighted by molar-refractivity contribution is 5.44. The van der Waals surface area contributed by atoms with E-state index in [-0.39, 0.29) is 0 Å². The van der Waals surface area contributed by atoms with E-state index in [0.29, 0.717) is 12.3 Å². The molecule has 0 spiro atoms. The van der Waals surface area contributed by atoms with Gasteiger partial charge >= 0.3 is 0 Å². The zero-order valence-corrected chi connectivity index (χ0v) is 10.2. The van der Waals surface area contributed by atoms with Gasteiger partial charge in [-0.25, -0.2) is 0 Å². The lowest BCUT2D eigenvalue weighted by molar-refractivity contribution is 0.647. The molecular formula is C14H20N2. The monoisotopic (exact) mass is 216 g/mol. The third kappa shape index (κ3) is 4.84. The van der Waals surface area contributed by atoms with Crippen molar-refractivity contribution in [3.63, 3.8) is 0 Å². The number of nitrogens with one attached hydrogen (secondary N) is 1. The quantitative estimate of drug-likeness (QED) is 0.737. The molecule has 0 aliphatic rings. The van der Waals surface area contributed by atoms with E-state index in [1.54, 1.807) is 0 Å². The van der Waals surface area contributed by atoms with Crippen molar-refractivity contribution in [1.82, 2.24) is 0 Å². The van der Waals surface area contributed by atoms with Crippen LogP contribution in [0.15, 0.2) is 24.3 Å². The lowest BCUT2D eigenvalue weighted by Gasteiger charge is -2.08. The Balaban J connectivity index is 2.37. The number of anilines is 1. The molecule has 2 nitrogen and oxygen atoms in total. The van der Waals surface area contributed by atoms with Crippen LogP contribution in [0.3, 0.4) is 0 Å². The average Bonchev–Trinajstić information content (AvgIpc) is 2.26. The molecule has 0 bridgehead atoms. The van der Waals surface area contributed by atoms with Crippen molar-refractivity contribution in [2.75, 3.05) is 11.9 Å². The molecule has 1 aromatic rings. The molecular weight excluding hydrogens is 196 g/mol. The van der Waals surface area contributed by atoms with Gasteiger partial charge in [0.15, 0.2) is 0 Å². The van der Waals surface area contributed by atoms with Gasteiger partial charge in [-0.2, -0.15) is 5.26 Å². The van der Waals surface area contributed by atoms with Crippen LogP contribution >= 0.6 is 0 Å². The third-order valence-corrected chi connectivity index (χ3v) is 2.39. The first kappa shape index (κ1) is 12.6. The Kier molecular flexibility index (Phi) is 5.42. The molecule has 0 amide bonds. The van der Waals surface area contributed by atoms with E-state index >= 15 is 0 Å². The minimum atomic E-state index is 0.623. The second kappa shape index (κ2) is 6.90. The van der Waals surface area contributed by atoms with E-state index in [9.17, 15) is 0 Å². The van der Waals surface area contributed by atoms with Crippen LogP contribution in [-0.2, 0) is 6.42 Å². The summed E-state index contributed by atoms with van der Waals surface area (Å²) in [6.07, 6.45) is 2.66. The first-order valence-electron chi connectivity index (χ1n) is 5.92. The largest absolute Gasteiger partial charge is 0.385 e. The summed E-state index contributed by atoms with van der Waals surface area (Å²) in [6, 6.07) is 10.7. The maximum atomic E-state index is 8.41. The molecule has 0 aliphatic heterocycles. The van der Waals surface area contributed by atoms with Gasteiger partial charge in [-0.1, -0.05) is 26.0 Å². The molecule has 2 heteroatoms. The fraction of sp³-hybridized carbons (Fsp3) is 0.500. The molecule has 0 fully saturated rings. The molecule has 0 saturated heterocycles. The zero-order chi connectivity index (χ0) is 11.8. The first-order valence-corrected chi connectivity index (χ1v) is 5.92. The van der Waals surface area contributed by atoms with Crippen LogP contribution in [0.25, 0.3) is 0 Å². The van der Waals surface area contributed by atoms with Gasteiger partial charge in [0.25, 0.3) is 0 Å². The van der Waals surface area contributed by atoms with Crippen molar-refractivity contribution in [2.24, 2.45) is 5.92 Å². The minimum absolute atomic E-state index is 0.623. The fourth-order valence-electron chi connectivity index (χ4n) is 1.63. The highest BCUT2D eigenvalue weighted by Crippen LogP contribution is 2.13. The molecule has 1 N–H and O–H groups in total. The number of rotatable bonds is 6. The molecule has 16 heavy (non-hydrogen) atoms. The number of nitriles is 1. The number of unbranched alkanes of at least 4 members (excludes halogenated alkanes) is 1. The van der Waals surface area contributed by atoms with Crippen molar-refractivity contribution in [1.29, 1.82) is 5.26 Å². The SMILES string of the molecule is CC(C)Cc1ccc(NCCCC#N)cc1. The van der Waals surface area contributed by atoms with Gasteiger partial charge in [0, 0.05) is 18.7 Å². The van der Waals surface area contributed by atoms with E-state index in [2.05, 4.69) is 49.5 Å². The van der Waals surface area contributed by atoms with Crippen LogP contribution in [0.1, 0.15) is 32.3 Å². The standard InChI is InChI=1S/C14H20N2/c1-12(2)11-13-5-7-14(8-6-13)16-10-4-3-9-15/h5-8,12,16H,3-4,10-11H2,1-2H3. The normalized spacial score (nSPS) is 10.1. The molecule has 0 aliphatic carbocycles. The van der Waals surface area contributed by atoms with E-state index in [0.717, 1.165) is 25.1 Å². The highest BCUT2D eigenvalue weighted by atomic mass is 14.9. The lowest BCUT2D eigenvalue weighted by Crippen LogP contribution is -2.01. The summed E-state index contributed by atoms with van der Waals surface area (Å²) >= 11 is 0. The summed E-state index contributed by atoms with van der Waals surface area (Å²) < 4.78 is 0. The Bertz CT molecular complexity index is 333. The molecule has 0 unspecified atom stereocenters. The molecule has 0 atom stereocenters. The number of hydrogen-bond acceptors (Lipinski definition) is 2. The topological polar surface area (TPSA) is 35.8 Å². The van der Waals surface area contributed by atoms with Crippen molar-refractivity contribution in [3.05, 3.63) is 29.8 Å². The van der Waals surface area contributed by atoms with Gasteiger partial charge in [0.05, 0.1) is 6.07 Å². The summed E-state index contributed by atoms with van der Waals surface area (Å²) in [6.45, 7) is 5.33. The fourth-order valence-corrected chi connectivity index (χ4v) is 1.63. The Morgan fingerprint density at radius 2 is 1.94 bits per heavy atom. The maximum absolute atomic E-state index is 8.41. The molecule has 1 aromatic carbocycles. The summed E-state index contributed by atoms with van der Waals surface area (Å²) in [7, 11) is 0. The maximum Gasteiger partial charge on any atom is 0.0622 e. The lowest BCUT2D eigenvalue weighted by atomic mass is 10.0. The van der Waals surface area contributed by atoms with E-state index in [4.69, 9.17) is 5.26 Å². The van der Waals surface area contributed by atoms with Crippen LogP contribution in [-0.4, -0.2) is 6.54 Å². The van der Waals surface area contributed by atoms with Crippen molar-refractivity contribution in [2.45, 2.75) is 33.1 Å². The predicted octanol–water partition coefficient (Wildman–Crippen LogP) is 3.60. The van der Waals surface area contributed by atoms with Gasteiger partial charge in [-0.05, 0) is 36.5 Å². The van der Waals surface area contributed by atoms with Gasteiger partial charge in [0.1, 0.15) is 0 Å². The summed E-state index contributed by atoms with van der Waals surface area (Å²) in [5, 5.41) is 11.7. The molecule has 0 aromatic heterocycles. The van der Waals surface area contributed by atoms with Gasteiger partial charge in [-0.3, -0.25) is 0 Å². The second-order valence-corrected chi connectivity index (χ2v) is 4.48. The predicted molar refractivity (Wildman–Crippen MR) is 68.3 cm³/mol. The Hall–Kier alpha value is -1.49. The van der Waals surface area contributed by atoms with Crippen molar-refractivity contribution in [3.8, 4) is 6.07 Å². The number of benzene rings is 1. The van der Waals surface area contributed by atoms with Crippen LogP contribution in [0.2, 0.25) is 0 Å². The summed E-state index contributed by atoms with van der Waals surface area (Å²) in [4.78, 5) is 0. The second-order valence-electron chi connectivity index (χ2n) is 4.48. The Morgan fingerprint density at radius 3 is 2.50 bits per heavy atom. The van der Waals surface area contributed by atoms with Crippen molar-refractivity contribution >= 4 is 5.69 Å². The van der Waals surface area contributed by atoms with E-state index < -0.39 is 0 Å². The molecule has 0 radical (unpaired) electrons. The van der Waals surface area contributed by atoms with Crippen molar-refractivity contribution < 1.29 is 0 Å². The number of nitrogens with zero attached hydrogens (tertiary/aromatic N) is 1. The van der Waals surface area contributed by atoms with Gasteiger partial charge in [0.2, 0.25) is 0 Å². The molecule has 86 valence electrons. The van der Waals surface area contributed by atoms with Crippen LogP contribution in [0.5, 0.6) is 0 Å². The molecule has 1 rings (SSSR count). The zero-order valence-electron chi connectivity index (χ0n) is 10.2. The Labute approximate surface area is 98.3 Å². The Morgan fingerprint density at radius 1 is 1.25 bits per heavy atom. The summed E-state index contributed by atoms with van der Waals surface area (Å²) in [5.74, 6) is 0.703. The average molecular weight is 216 g/mol. The van der Waals surface area contributed by atoms with E-state index in [1.165, 1.54) is 5.56 Å². The minimum Gasteiger partial charge on any atom is -0.385 e. The van der Waals surface area contributed by atoms with Crippen LogP contribution < -0.4 is 5.32 Å². The van der Waals surface area contributed by atoms with Gasteiger partial charge < -0.3 is 5.32 Å². The molecule has 0 heterocycles. The van der Waals surface area contributed by atoms with E-state index in [1.807, 2.05) is 0 Å². The molecule has 0 saturated carbocycles. The number of hydrogen-bond donors (Lipinski definition) is 1. The van der Waals surface area contributed by atoms with Gasteiger partial charge in [-0.15, -0.1) is 0 Å².